The summed E-state index contributed by atoms with van der Waals surface area (Å²) < 4.78 is 10.4. The number of rotatable bonds is 6. The normalized spacial score (nSPS) is 23.3. The molecule has 0 spiro atoms. The molecule has 192 valence electrons. The number of amides is 3. The van der Waals surface area contributed by atoms with E-state index in [4.69, 9.17) is 9.47 Å². The molecule has 1 N–H and O–H groups in total. The van der Waals surface area contributed by atoms with E-state index in [0.717, 1.165) is 27.2 Å². The van der Waals surface area contributed by atoms with Crippen LogP contribution in [0.15, 0.2) is 72.8 Å². The number of nitrogens with one attached hydrogen (secondary N) is 1. The van der Waals surface area contributed by atoms with Gasteiger partial charge in [-0.05, 0) is 41.3 Å². The molecule has 3 aromatic rings. The Morgan fingerprint density at radius 3 is 1.87 bits per heavy atom. The molecule has 7 rings (SSSR count). The number of benzene rings is 3. The molecule has 3 atom stereocenters. The third kappa shape index (κ3) is 3.59. The fourth-order valence-corrected chi connectivity index (χ4v) is 6.34. The molecule has 38 heavy (non-hydrogen) atoms. The van der Waals surface area contributed by atoms with Gasteiger partial charge in [0.1, 0.15) is 11.8 Å². The van der Waals surface area contributed by atoms with Gasteiger partial charge in [-0.2, -0.15) is 0 Å². The summed E-state index contributed by atoms with van der Waals surface area (Å²) in [5.74, 6) is -3.20. The second-order valence-corrected chi connectivity index (χ2v) is 9.88. The molecular formula is C30H26N2O6. The number of carbonyl (C=O) groups excluding carboxylic acids is 4. The molecule has 1 aliphatic heterocycles. The number of ether oxygens (including phenoxy) is 2. The lowest BCUT2D eigenvalue weighted by atomic mass is 9.55. The first kappa shape index (κ1) is 23.9. The molecule has 2 bridgehead atoms. The fraction of sp³-hybridized carbons (Fsp3) is 0.267. The van der Waals surface area contributed by atoms with Gasteiger partial charge < -0.3 is 14.8 Å². The maximum absolute atomic E-state index is 13.8. The number of hydrogen-bond acceptors (Lipinski definition) is 6. The molecule has 4 aliphatic rings. The monoisotopic (exact) mass is 510 g/mol. The topological polar surface area (TPSA) is 102 Å². The average molecular weight is 511 g/mol. The standard InChI is InChI=1S/C30H26N2O6/c1-16(30(36)38-15-23(33)31-17-8-7-9-18(14-17)37-2)32-28(34)26-24-19-10-3-4-11-20(19)25(27(26)29(32)35)22-13-6-5-12-21(22)24/h3-14,16,24-27H,15H2,1-2H3,(H,31,33)/t16-,24?,25?,26-,27-/m0/s1. The largest absolute Gasteiger partial charge is 0.497 e. The summed E-state index contributed by atoms with van der Waals surface area (Å²) in [4.78, 5) is 53.8. The van der Waals surface area contributed by atoms with Gasteiger partial charge in [0, 0.05) is 23.6 Å². The SMILES string of the molecule is COc1cccc(NC(=O)COC(=O)[C@H](C)N2C(=O)[C@H]3C4c5ccccc5C(c5ccccc54)[C@@H]3C2=O)c1. The lowest BCUT2D eigenvalue weighted by Gasteiger charge is -2.45. The molecule has 8 nitrogen and oxygen atoms in total. The van der Waals surface area contributed by atoms with Crippen LogP contribution in [0.4, 0.5) is 5.69 Å². The van der Waals surface area contributed by atoms with Gasteiger partial charge in [0.05, 0.1) is 18.9 Å². The fourth-order valence-electron chi connectivity index (χ4n) is 6.34. The Kier molecular flexibility index (Phi) is 5.75. The summed E-state index contributed by atoms with van der Waals surface area (Å²) >= 11 is 0. The van der Waals surface area contributed by atoms with E-state index in [1.165, 1.54) is 14.0 Å². The number of methoxy groups -OCH3 is 1. The van der Waals surface area contributed by atoms with Crippen molar-refractivity contribution in [3.63, 3.8) is 0 Å². The predicted octanol–water partition coefficient (Wildman–Crippen LogP) is 3.46. The molecule has 3 amide bonds. The van der Waals surface area contributed by atoms with Gasteiger partial charge >= 0.3 is 5.97 Å². The molecule has 1 fully saturated rings. The number of imide groups is 1. The van der Waals surface area contributed by atoms with Gasteiger partial charge in [-0.25, -0.2) is 4.79 Å². The number of hydrogen-bond donors (Lipinski definition) is 1. The maximum atomic E-state index is 13.8. The lowest BCUT2D eigenvalue weighted by molar-refractivity contribution is -0.159. The molecule has 0 unspecified atom stereocenters. The third-order valence-electron chi connectivity index (χ3n) is 7.91. The molecule has 8 heteroatoms. The molecule has 3 aliphatic carbocycles. The first-order valence-corrected chi connectivity index (χ1v) is 12.6. The lowest BCUT2D eigenvalue weighted by Crippen LogP contribution is -2.45. The maximum Gasteiger partial charge on any atom is 0.329 e. The van der Waals surface area contributed by atoms with Crippen molar-refractivity contribution in [1.82, 2.24) is 4.90 Å². The highest BCUT2D eigenvalue weighted by atomic mass is 16.5. The summed E-state index contributed by atoms with van der Waals surface area (Å²) in [7, 11) is 1.52. The van der Waals surface area contributed by atoms with Crippen molar-refractivity contribution >= 4 is 29.4 Å². The van der Waals surface area contributed by atoms with E-state index in [1.807, 2.05) is 48.5 Å². The van der Waals surface area contributed by atoms with Crippen LogP contribution in [0.5, 0.6) is 5.75 Å². The van der Waals surface area contributed by atoms with Gasteiger partial charge in [-0.3, -0.25) is 19.3 Å². The Morgan fingerprint density at radius 2 is 1.37 bits per heavy atom. The van der Waals surface area contributed by atoms with Crippen molar-refractivity contribution in [3.8, 4) is 5.75 Å². The molecular weight excluding hydrogens is 484 g/mol. The summed E-state index contributed by atoms with van der Waals surface area (Å²) in [5.41, 5.74) is 4.73. The van der Waals surface area contributed by atoms with E-state index in [-0.39, 0.29) is 23.7 Å². The van der Waals surface area contributed by atoms with E-state index in [2.05, 4.69) is 5.32 Å². The van der Waals surface area contributed by atoms with Gasteiger partial charge in [-0.1, -0.05) is 54.6 Å². The Balaban J connectivity index is 1.20. The zero-order chi connectivity index (χ0) is 26.6. The second kappa shape index (κ2) is 9.13. The van der Waals surface area contributed by atoms with Crippen molar-refractivity contribution in [1.29, 1.82) is 0 Å². The highest BCUT2D eigenvalue weighted by Crippen LogP contribution is 2.61. The van der Waals surface area contributed by atoms with Crippen LogP contribution in [0.2, 0.25) is 0 Å². The van der Waals surface area contributed by atoms with Crippen LogP contribution in [0.1, 0.15) is 41.0 Å². The Bertz CT molecular complexity index is 1370. The quantitative estimate of drug-likeness (QED) is 0.403. The van der Waals surface area contributed by atoms with Crippen LogP contribution in [0.3, 0.4) is 0 Å². The van der Waals surface area contributed by atoms with Crippen molar-refractivity contribution in [3.05, 3.63) is 95.1 Å². The van der Waals surface area contributed by atoms with Crippen LogP contribution in [-0.2, 0) is 23.9 Å². The van der Waals surface area contributed by atoms with Gasteiger partial charge in [0.15, 0.2) is 6.61 Å². The Hall–Kier alpha value is -4.46. The molecule has 3 aromatic carbocycles. The van der Waals surface area contributed by atoms with Crippen LogP contribution in [-0.4, -0.2) is 48.3 Å². The minimum Gasteiger partial charge on any atom is -0.497 e. The highest BCUT2D eigenvalue weighted by molar-refractivity contribution is 6.10. The Labute approximate surface area is 219 Å². The zero-order valence-electron chi connectivity index (χ0n) is 20.9. The predicted molar refractivity (Wildman–Crippen MR) is 137 cm³/mol. The van der Waals surface area contributed by atoms with E-state index >= 15 is 0 Å². The number of nitrogens with zero attached hydrogens (tertiary/aromatic N) is 1. The van der Waals surface area contributed by atoms with E-state index in [9.17, 15) is 19.2 Å². The molecule has 0 radical (unpaired) electrons. The smallest absolute Gasteiger partial charge is 0.329 e. The van der Waals surface area contributed by atoms with Crippen LogP contribution < -0.4 is 10.1 Å². The average Bonchev–Trinajstić information content (AvgIpc) is 3.21. The summed E-state index contributed by atoms with van der Waals surface area (Å²) in [6.07, 6.45) is 0. The van der Waals surface area contributed by atoms with Crippen molar-refractivity contribution in [2.24, 2.45) is 11.8 Å². The second-order valence-electron chi connectivity index (χ2n) is 9.88. The summed E-state index contributed by atoms with van der Waals surface area (Å²) in [5, 5.41) is 2.64. The van der Waals surface area contributed by atoms with E-state index in [0.29, 0.717) is 11.4 Å². The molecule has 1 saturated heterocycles. The van der Waals surface area contributed by atoms with Crippen LogP contribution in [0.25, 0.3) is 0 Å². The minimum atomic E-state index is -1.16. The van der Waals surface area contributed by atoms with E-state index in [1.54, 1.807) is 24.3 Å². The molecule has 1 heterocycles. The van der Waals surface area contributed by atoms with Crippen LogP contribution >= 0.6 is 0 Å². The first-order valence-electron chi connectivity index (χ1n) is 12.6. The van der Waals surface area contributed by atoms with Gasteiger partial charge in [0.2, 0.25) is 11.8 Å². The molecule has 0 saturated carbocycles. The van der Waals surface area contributed by atoms with Gasteiger partial charge in [-0.15, -0.1) is 0 Å². The first-order chi connectivity index (χ1) is 18.4. The minimum absolute atomic E-state index is 0.254. The highest BCUT2D eigenvalue weighted by Gasteiger charge is 2.62. The van der Waals surface area contributed by atoms with Crippen LogP contribution in [0, 0.1) is 11.8 Å². The van der Waals surface area contributed by atoms with Crippen molar-refractivity contribution in [2.75, 3.05) is 19.0 Å². The number of anilines is 1. The Morgan fingerprint density at radius 1 is 0.842 bits per heavy atom. The summed E-state index contributed by atoms with van der Waals surface area (Å²) in [6.45, 7) is 0.920. The number of carbonyl (C=O) groups is 4. The van der Waals surface area contributed by atoms with Crippen molar-refractivity contribution in [2.45, 2.75) is 24.8 Å². The molecule has 0 aromatic heterocycles. The van der Waals surface area contributed by atoms with Crippen molar-refractivity contribution < 1.29 is 28.7 Å². The van der Waals surface area contributed by atoms with E-state index < -0.39 is 36.4 Å². The van der Waals surface area contributed by atoms with Gasteiger partial charge in [0.25, 0.3) is 5.91 Å². The summed E-state index contributed by atoms with van der Waals surface area (Å²) in [6, 6.07) is 21.5. The number of esters is 1. The zero-order valence-corrected chi connectivity index (χ0v) is 20.9. The number of likely N-dealkylation sites (tertiary alicyclic amines) is 1. The third-order valence-corrected chi connectivity index (χ3v) is 7.91.